The number of rotatable bonds is 7. The van der Waals surface area contributed by atoms with Crippen molar-refractivity contribution in [2.75, 3.05) is 25.5 Å². The predicted octanol–water partition coefficient (Wildman–Crippen LogP) is 2.05. The van der Waals surface area contributed by atoms with Crippen LogP contribution in [-0.2, 0) is 0 Å². The second-order valence-electron chi connectivity index (χ2n) is 4.80. The SMILES string of the molecule is CC(C)N(C)CCNc1cc(C(=O)O)ccc1[N+](=O)[O-]. The van der Waals surface area contributed by atoms with Gasteiger partial charge in [-0.25, -0.2) is 4.79 Å². The number of likely N-dealkylation sites (N-methyl/N-ethyl adjacent to an activating group) is 1. The van der Waals surface area contributed by atoms with Gasteiger partial charge in [-0.15, -0.1) is 0 Å². The summed E-state index contributed by atoms with van der Waals surface area (Å²) in [5.41, 5.74) is 0.129. The Bertz CT molecular complexity index is 502. The molecule has 1 rings (SSSR count). The Hall–Kier alpha value is -2.15. The first kappa shape index (κ1) is 15.9. The third-order valence-corrected chi connectivity index (χ3v) is 3.10. The summed E-state index contributed by atoms with van der Waals surface area (Å²) >= 11 is 0. The second-order valence-corrected chi connectivity index (χ2v) is 4.80. The van der Waals surface area contributed by atoms with Crippen molar-refractivity contribution in [1.29, 1.82) is 0 Å². The first-order chi connectivity index (χ1) is 9.32. The largest absolute Gasteiger partial charge is 0.478 e. The molecule has 0 spiro atoms. The van der Waals surface area contributed by atoms with Gasteiger partial charge in [-0.3, -0.25) is 10.1 Å². The number of carboxylic acids is 1. The first-order valence-electron chi connectivity index (χ1n) is 6.28. The molecular weight excluding hydrogens is 262 g/mol. The van der Waals surface area contributed by atoms with Gasteiger partial charge in [0.2, 0.25) is 0 Å². The number of nitrogens with zero attached hydrogens (tertiary/aromatic N) is 2. The number of aromatic carboxylic acids is 1. The predicted molar refractivity (Wildman–Crippen MR) is 76.3 cm³/mol. The molecule has 2 N–H and O–H groups in total. The monoisotopic (exact) mass is 281 g/mol. The van der Waals surface area contributed by atoms with Crippen molar-refractivity contribution >= 4 is 17.3 Å². The maximum atomic E-state index is 10.9. The van der Waals surface area contributed by atoms with E-state index >= 15 is 0 Å². The number of benzene rings is 1. The Morgan fingerprint density at radius 2 is 2.15 bits per heavy atom. The number of hydrogen-bond acceptors (Lipinski definition) is 5. The van der Waals surface area contributed by atoms with Crippen molar-refractivity contribution in [2.24, 2.45) is 0 Å². The van der Waals surface area contributed by atoms with Crippen molar-refractivity contribution in [3.63, 3.8) is 0 Å². The number of hydrogen-bond donors (Lipinski definition) is 2. The van der Waals surface area contributed by atoms with Gasteiger partial charge < -0.3 is 15.3 Å². The molecule has 0 bridgehead atoms. The van der Waals surface area contributed by atoms with Crippen molar-refractivity contribution in [3.05, 3.63) is 33.9 Å². The van der Waals surface area contributed by atoms with Crippen molar-refractivity contribution in [2.45, 2.75) is 19.9 Å². The van der Waals surface area contributed by atoms with Gasteiger partial charge in [0.25, 0.3) is 5.69 Å². The highest BCUT2D eigenvalue weighted by Crippen LogP contribution is 2.25. The highest BCUT2D eigenvalue weighted by Gasteiger charge is 2.16. The van der Waals surface area contributed by atoms with Crippen LogP contribution in [0, 0.1) is 10.1 Å². The molecule has 0 amide bonds. The standard InChI is InChI=1S/C13H19N3O4/c1-9(2)15(3)7-6-14-11-8-10(13(17)18)4-5-12(11)16(19)20/h4-5,8-9,14H,6-7H2,1-3H3,(H,17,18). The third kappa shape index (κ3) is 4.20. The van der Waals surface area contributed by atoms with Gasteiger partial charge in [-0.05, 0) is 33.0 Å². The molecule has 1 aromatic rings. The third-order valence-electron chi connectivity index (χ3n) is 3.10. The minimum absolute atomic E-state index is 0.0234. The fraction of sp³-hybridized carbons (Fsp3) is 0.462. The molecule has 0 aromatic heterocycles. The van der Waals surface area contributed by atoms with Crippen LogP contribution in [-0.4, -0.2) is 47.1 Å². The fourth-order valence-electron chi connectivity index (χ4n) is 1.59. The van der Waals surface area contributed by atoms with Gasteiger partial charge >= 0.3 is 5.97 Å². The summed E-state index contributed by atoms with van der Waals surface area (Å²) in [7, 11) is 1.95. The van der Waals surface area contributed by atoms with Gasteiger partial charge in [0.05, 0.1) is 10.5 Å². The number of anilines is 1. The van der Waals surface area contributed by atoms with Crippen molar-refractivity contribution in [1.82, 2.24) is 4.90 Å². The molecule has 0 aliphatic carbocycles. The van der Waals surface area contributed by atoms with E-state index < -0.39 is 10.9 Å². The number of nitro groups is 1. The van der Waals surface area contributed by atoms with Gasteiger partial charge in [-0.2, -0.15) is 0 Å². The zero-order chi connectivity index (χ0) is 15.3. The first-order valence-corrected chi connectivity index (χ1v) is 6.28. The maximum Gasteiger partial charge on any atom is 0.335 e. The molecule has 1 aromatic carbocycles. The summed E-state index contributed by atoms with van der Waals surface area (Å²) in [6, 6.07) is 4.09. The number of nitrogens with one attached hydrogen (secondary N) is 1. The van der Waals surface area contributed by atoms with E-state index in [2.05, 4.69) is 10.2 Å². The van der Waals surface area contributed by atoms with E-state index in [-0.39, 0.29) is 16.9 Å². The molecule has 110 valence electrons. The maximum absolute atomic E-state index is 10.9. The van der Waals surface area contributed by atoms with Crippen LogP contribution in [0.3, 0.4) is 0 Å². The molecule has 0 heterocycles. The lowest BCUT2D eigenvalue weighted by Gasteiger charge is -2.21. The van der Waals surface area contributed by atoms with E-state index in [1.54, 1.807) is 0 Å². The molecule has 0 fully saturated rings. The lowest BCUT2D eigenvalue weighted by atomic mass is 10.1. The van der Waals surface area contributed by atoms with E-state index in [0.717, 1.165) is 0 Å². The summed E-state index contributed by atoms with van der Waals surface area (Å²) in [4.78, 5) is 23.4. The van der Waals surface area contributed by atoms with Gasteiger partial charge in [0.1, 0.15) is 5.69 Å². The van der Waals surface area contributed by atoms with Crippen LogP contribution < -0.4 is 5.32 Å². The Morgan fingerprint density at radius 1 is 1.50 bits per heavy atom. The molecule has 0 aliphatic heterocycles. The number of carboxylic acid groups (broad SMARTS) is 1. The van der Waals surface area contributed by atoms with Crippen LogP contribution in [0.1, 0.15) is 24.2 Å². The van der Waals surface area contributed by atoms with Gasteiger partial charge in [0.15, 0.2) is 0 Å². The molecule has 20 heavy (non-hydrogen) atoms. The summed E-state index contributed by atoms with van der Waals surface area (Å²) in [6.07, 6.45) is 0. The van der Waals surface area contributed by atoms with E-state index in [1.165, 1.54) is 18.2 Å². The molecule has 0 saturated carbocycles. The quantitative estimate of drug-likeness (QED) is 0.586. The summed E-state index contributed by atoms with van der Waals surface area (Å²) in [5, 5.41) is 22.8. The van der Waals surface area contributed by atoms with Crippen LogP contribution in [0.5, 0.6) is 0 Å². The van der Waals surface area contributed by atoms with Crippen molar-refractivity contribution < 1.29 is 14.8 Å². The number of carbonyl (C=O) groups is 1. The van der Waals surface area contributed by atoms with E-state index in [1.807, 2.05) is 20.9 Å². The van der Waals surface area contributed by atoms with E-state index in [9.17, 15) is 14.9 Å². The van der Waals surface area contributed by atoms with Crippen LogP contribution >= 0.6 is 0 Å². The highest BCUT2D eigenvalue weighted by molar-refractivity contribution is 5.90. The molecule has 7 heteroatoms. The molecule has 0 saturated heterocycles. The van der Waals surface area contributed by atoms with Crippen LogP contribution in [0.2, 0.25) is 0 Å². The fourth-order valence-corrected chi connectivity index (χ4v) is 1.59. The lowest BCUT2D eigenvalue weighted by Crippen LogP contribution is -2.31. The minimum atomic E-state index is -1.11. The van der Waals surface area contributed by atoms with Gasteiger partial charge in [0, 0.05) is 25.2 Å². The molecule has 0 aliphatic rings. The van der Waals surface area contributed by atoms with Crippen LogP contribution in [0.15, 0.2) is 18.2 Å². The minimum Gasteiger partial charge on any atom is -0.478 e. The Kier molecular flexibility index (Phi) is 5.45. The summed E-state index contributed by atoms with van der Waals surface area (Å²) < 4.78 is 0. The highest BCUT2D eigenvalue weighted by atomic mass is 16.6. The molecule has 0 atom stereocenters. The zero-order valence-electron chi connectivity index (χ0n) is 11.8. The molecular formula is C13H19N3O4. The Balaban J connectivity index is 2.83. The molecule has 0 radical (unpaired) electrons. The summed E-state index contributed by atoms with van der Waals surface area (Å²) in [6.45, 7) is 5.30. The van der Waals surface area contributed by atoms with Gasteiger partial charge in [-0.1, -0.05) is 0 Å². The Morgan fingerprint density at radius 3 is 2.65 bits per heavy atom. The average molecular weight is 281 g/mol. The van der Waals surface area contributed by atoms with E-state index in [4.69, 9.17) is 5.11 Å². The zero-order valence-corrected chi connectivity index (χ0v) is 11.8. The van der Waals surface area contributed by atoms with Crippen LogP contribution in [0.25, 0.3) is 0 Å². The summed E-state index contributed by atoms with van der Waals surface area (Å²) in [5.74, 6) is -1.11. The van der Waals surface area contributed by atoms with E-state index in [0.29, 0.717) is 19.1 Å². The van der Waals surface area contributed by atoms with Crippen molar-refractivity contribution in [3.8, 4) is 0 Å². The second kappa shape index (κ2) is 6.85. The topological polar surface area (TPSA) is 95.7 Å². The molecule has 7 nitrogen and oxygen atoms in total. The van der Waals surface area contributed by atoms with Crippen LogP contribution in [0.4, 0.5) is 11.4 Å². The average Bonchev–Trinajstić information content (AvgIpc) is 2.37. The molecule has 0 unspecified atom stereocenters. The normalized spacial score (nSPS) is 10.8. The number of nitro benzene ring substituents is 1. The smallest absolute Gasteiger partial charge is 0.335 e. The Labute approximate surface area is 117 Å². The lowest BCUT2D eigenvalue weighted by molar-refractivity contribution is -0.384.